The van der Waals surface area contributed by atoms with E-state index in [1.807, 2.05) is 67.8 Å². The maximum absolute atomic E-state index is 13.4. The van der Waals surface area contributed by atoms with Crippen LogP contribution in [-0.4, -0.2) is 28.0 Å². The number of thioether (sulfide) groups is 1. The number of nitrogens with one attached hydrogen (secondary N) is 3. The Balaban J connectivity index is 1.50. The highest BCUT2D eigenvalue weighted by Gasteiger charge is 2.20. The van der Waals surface area contributed by atoms with Gasteiger partial charge >= 0.3 is 0 Å². The van der Waals surface area contributed by atoms with Crippen molar-refractivity contribution in [3.8, 4) is 0 Å². The molecule has 7 nitrogen and oxygen atoms in total. The normalized spacial score (nSPS) is 11.9. The average molecular weight is 636 g/mol. The zero-order chi connectivity index (χ0) is 28.5. The monoisotopic (exact) mass is 634 g/mol. The average Bonchev–Trinajstić information content (AvgIpc) is 3.36. The molecule has 3 amide bonds. The lowest BCUT2D eigenvalue weighted by molar-refractivity contribution is -0.116. The first kappa shape index (κ1) is 29.3. The van der Waals surface area contributed by atoms with E-state index in [9.17, 15) is 14.4 Å². The number of nitrogens with zero attached hydrogens (tertiary/aromatic N) is 1. The number of anilines is 2. The minimum absolute atomic E-state index is 0.0922. The summed E-state index contributed by atoms with van der Waals surface area (Å²) in [4.78, 5) is 44.2. The van der Waals surface area contributed by atoms with Crippen molar-refractivity contribution in [3.05, 3.63) is 111 Å². The summed E-state index contributed by atoms with van der Waals surface area (Å²) in [6, 6.07) is 23.4. The number of carbonyl (C=O) groups is 3. The topological polar surface area (TPSA) is 100 Å². The molecule has 0 aliphatic heterocycles. The van der Waals surface area contributed by atoms with E-state index >= 15 is 0 Å². The lowest BCUT2D eigenvalue weighted by Gasteiger charge is -2.15. The fraction of sp³-hybridized carbons (Fsp3) is 0.133. The summed E-state index contributed by atoms with van der Waals surface area (Å²) >= 11 is 6.24. The van der Waals surface area contributed by atoms with Gasteiger partial charge in [0.1, 0.15) is 5.70 Å². The molecule has 10 heteroatoms. The van der Waals surface area contributed by atoms with Crippen LogP contribution in [0.2, 0.25) is 0 Å². The van der Waals surface area contributed by atoms with Crippen LogP contribution < -0.4 is 16.0 Å². The van der Waals surface area contributed by atoms with Gasteiger partial charge in [0, 0.05) is 26.0 Å². The van der Waals surface area contributed by atoms with Gasteiger partial charge in [-0.3, -0.25) is 14.4 Å². The molecule has 1 unspecified atom stereocenters. The van der Waals surface area contributed by atoms with Crippen molar-refractivity contribution in [3.63, 3.8) is 0 Å². The molecule has 1 aromatic heterocycles. The van der Waals surface area contributed by atoms with Gasteiger partial charge in [-0.2, -0.15) is 0 Å². The van der Waals surface area contributed by atoms with E-state index in [0.717, 1.165) is 20.6 Å². The molecule has 4 rings (SSSR count). The number of amides is 3. The largest absolute Gasteiger partial charge is 0.321 e. The number of halogens is 1. The molecule has 0 aliphatic carbocycles. The van der Waals surface area contributed by atoms with Gasteiger partial charge in [-0.15, -0.1) is 23.1 Å². The van der Waals surface area contributed by atoms with Gasteiger partial charge in [-0.05, 0) is 67.4 Å². The molecule has 40 heavy (non-hydrogen) atoms. The van der Waals surface area contributed by atoms with E-state index < -0.39 is 11.8 Å². The van der Waals surface area contributed by atoms with Gasteiger partial charge in [-0.1, -0.05) is 59.3 Å². The van der Waals surface area contributed by atoms with Crippen LogP contribution in [0.1, 0.15) is 35.0 Å². The highest BCUT2D eigenvalue weighted by molar-refractivity contribution is 9.10. The number of rotatable bonds is 10. The Labute approximate surface area is 249 Å². The predicted octanol–water partition coefficient (Wildman–Crippen LogP) is 7.13. The van der Waals surface area contributed by atoms with Gasteiger partial charge in [-0.25, -0.2) is 4.98 Å². The minimum atomic E-state index is -0.477. The maximum atomic E-state index is 13.4. The predicted molar refractivity (Wildman–Crippen MR) is 167 cm³/mol. The molecular weight excluding hydrogens is 608 g/mol. The molecule has 0 radical (unpaired) electrons. The van der Waals surface area contributed by atoms with Crippen molar-refractivity contribution in [1.82, 2.24) is 10.3 Å². The van der Waals surface area contributed by atoms with E-state index in [1.165, 1.54) is 23.1 Å². The van der Waals surface area contributed by atoms with E-state index in [2.05, 4.69) is 36.9 Å². The molecule has 204 valence electrons. The molecule has 1 heterocycles. The number of hydrogen-bond acceptors (Lipinski definition) is 6. The molecule has 4 aromatic rings. The molecule has 0 spiro atoms. The Hall–Kier alpha value is -3.73. The fourth-order valence-electron chi connectivity index (χ4n) is 3.63. The second kappa shape index (κ2) is 14.1. The number of carbonyl (C=O) groups excluding carboxylic acids is 3. The van der Waals surface area contributed by atoms with Gasteiger partial charge in [0.05, 0.1) is 10.9 Å². The molecule has 0 saturated carbocycles. The van der Waals surface area contributed by atoms with Crippen LogP contribution in [0.25, 0.3) is 6.08 Å². The van der Waals surface area contributed by atoms with Crippen LogP contribution in [-0.2, 0) is 9.59 Å². The van der Waals surface area contributed by atoms with Crippen molar-refractivity contribution in [2.45, 2.75) is 30.4 Å². The Morgan fingerprint density at radius 1 is 1.00 bits per heavy atom. The first-order chi connectivity index (χ1) is 19.3. The highest BCUT2D eigenvalue weighted by Crippen LogP contribution is 2.29. The summed E-state index contributed by atoms with van der Waals surface area (Å²) in [5.74, 6) is -0.997. The van der Waals surface area contributed by atoms with Crippen LogP contribution in [0.15, 0.2) is 99.3 Å². The molecule has 0 saturated heterocycles. The summed E-state index contributed by atoms with van der Waals surface area (Å²) in [7, 11) is 0. The van der Waals surface area contributed by atoms with Crippen LogP contribution in [0, 0.1) is 6.92 Å². The van der Waals surface area contributed by atoms with Crippen molar-refractivity contribution in [2.24, 2.45) is 0 Å². The van der Waals surface area contributed by atoms with Crippen molar-refractivity contribution < 1.29 is 14.4 Å². The van der Waals surface area contributed by atoms with E-state index in [0.29, 0.717) is 22.8 Å². The Bertz CT molecular complexity index is 1540. The van der Waals surface area contributed by atoms with Crippen LogP contribution in [0.5, 0.6) is 0 Å². The van der Waals surface area contributed by atoms with Gasteiger partial charge < -0.3 is 16.0 Å². The molecule has 1 atom stereocenters. The second-order valence-corrected chi connectivity index (χ2v) is 11.8. The van der Waals surface area contributed by atoms with Crippen molar-refractivity contribution in [2.75, 3.05) is 10.6 Å². The quantitative estimate of drug-likeness (QED) is 0.127. The zero-order valence-electron chi connectivity index (χ0n) is 21.8. The lowest BCUT2D eigenvalue weighted by atomic mass is 10.1. The second-order valence-electron chi connectivity index (χ2n) is 8.71. The highest BCUT2D eigenvalue weighted by atomic mass is 79.9. The van der Waals surface area contributed by atoms with E-state index in [4.69, 9.17) is 0 Å². The SMILES string of the molecule is CCC(Sc1cccc(NC(=O)/C(=C\c2cccc(Br)c2)NC(=O)c2ccccc2)c1)C(=O)Nc1nc(C)cs1. The third-order valence-corrected chi connectivity index (χ3v) is 8.30. The molecule has 3 aromatic carbocycles. The standard InChI is InChI=1S/C30H27BrN4O3S2/c1-3-26(29(38)35-30-32-19(2)18-39-30)40-24-14-8-13-23(17-24)33-28(37)25(16-20-9-7-12-22(31)15-20)34-27(36)21-10-5-4-6-11-21/h4-18,26H,3H2,1-2H3,(H,33,37)(H,34,36)(H,32,35,38)/b25-16+. The third-order valence-electron chi connectivity index (χ3n) is 5.57. The first-order valence-electron chi connectivity index (χ1n) is 12.5. The molecular formula is C30H27BrN4O3S2. The van der Waals surface area contributed by atoms with E-state index in [1.54, 1.807) is 36.4 Å². The third kappa shape index (κ3) is 8.38. The van der Waals surface area contributed by atoms with Crippen LogP contribution in [0.4, 0.5) is 10.8 Å². The molecule has 0 fully saturated rings. The Morgan fingerprint density at radius 2 is 1.77 bits per heavy atom. The molecule has 3 N–H and O–H groups in total. The van der Waals surface area contributed by atoms with E-state index in [-0.39, 0.29) is 16.9 Å². The lowest BCUT2D eigenvalue weighted by Crippen LogP contribution is -2.30. The minimum Gasteiger partial charge on any atom is -0.321 e. The number of thiazole rings is 1. The maximum Gasteiger partial charge on any atom is 0.272 e. The summed E-state index contributed by atoms with van der Waals surface area (Å²) in [5, 5.41) is 10.6. The Kier molecular flexibility index (Phi) is 10.3. The number of benzene rings is 3. The Morgan fingerprint density at radius 3 is 2.48 bits per heavy atom. The fourth-order valence-corrected chi connectivity index (χ4v) is 5.76. The van der Waals surface area contributed by atoms with Crippen molar-refractivity contribution >= 4 is 73.6 Å². The molecule has 0 bridgehead atoms. The summed E-state index contributed by atoms with van der Waals surface area (Å²) in [6.45, 7) is 3.83. The summed E-state index contributed by atoms with van der Waals surface area (Å²) in [5.41, 5.74) is 2.66. The number of aromatic nitrogens is 1. The van der Waals surface area contributed by atoms with Gasteiger partial charge in [0.15, 0.2) is 5.13 Å². The molecule has 0 aliphatic rings. The summed E-state index contributed by atoms with van der Waals surface area (Å²) in [6.07, 6.45) is 2.24. The van der Waals surface area contributed by atoms with Gasteiger partial charge in [0.25, 0.3) is 11.8 Å². The summed E-state index contributed by atoms with van der Waals surface area (Å²) < 4.78 is 0.847. The van der Waals surface area contributed by atoms with Crippen molar-refractivity contribution in [1.29, 1.82) is 0 Å². The van der Waals surface area contributed by atoms with Crippen LogP contribution >= 0.6 is 39.0 Å². The number of hydrogen-bond donors (Lipinski definition) is 3. The smallest absolute Gasteiger partial charge is 0.272 e. The first-order valence-corrected chi connectivity index (χ1v) is 15.0. The van der Waals surface area contributed by atoms with Crippen LogP contribution in [0.3, 0.4) is 0 Å². The van der Waals surface area contributed by atoms with Gasteiger partial charge in [0.2, 0.25) is 5.91 Å². The zero-order valence-corrected chi connectivity index (χ0v) is 25.0. The number of aryl methyl sites for hydroxylation is 1.